The van der Waals surface area contributed by atoms with E-state index < -0.39 is 0 Å². The molecular formula is C9H12O3. The molecule has 0 aliphatic carbocycles. The quantitative estimate of drug-likeness (QED) is 0.697. The van der Waals surface area contributed by atoms with E-state index in [0.29, 0.717) is 16.9 Å². The van der Waals surface area contributed by atoms with Crippen molar-refractivity contribution in [3.63, 3.8) is 0 Å². The van der Waals surface area contributed by atoms with Gasteiger partial charge in [0.15, 0.2) is 0 Å². The Hall–Kier alpha value is -1.22. The summed E-state index contributed by atoms with van der Waals surface area (Å²) in [5, 5.41) is 18.3. The molecule has 0 radical (unpaired) electrons. The average Bonchev–Trinajstić information content (AvgIpc) is 2.10. The lowest BCUT2D eigenvalue weighted by atomic mass is 10.1. The van der Waals surface area contributed by atoms with Gasteiger partial charge in [-0.25, -0.2) is 0 Å². The Balaban J connectivity index is 3.20. The molecule has 0 aromatic heterocycles. The summed E-state index contributed by atoms with van der Waals surface area (Å²) in [7, 11) is 1.54. The molecule has 0 atom stereocenters. The van der Waals surface area contributed by atoms with Crippen LogP contribution in [0.2, 0.25) is 0 Å². The second kappa shape index (κ2) is 3.45. The zero-order valence-electron chi connectivity index (χ0n) is 7.16. The van der Waals surface area contributed by atoms with E-state index in [1.807, 2.05) is 0 Å². The van der Waals surface area contributed by atoms with E-state index in [0.717, 1.165) is 0 Å². The largest absolute Gasteiger partial charge is 0.507 e. The number of ether oxygens (including phenoxy) is 1. The maximum atomic E-state index is 9.47. The number of aromatic hydroxyl groups is 1. The smallest absolute Gasteiger partial charge is 0.127 e. The number of benzene rings is 1. The third kappa shape index (κ3) is 1.36. The molecule has 0 fully saturated rings. The van der Waals surface area contributed by atoms with Gasteiger partial charge in [0.05, 0.1) is 13.7 Å². The van der Waals surface area contributed by atoms with E-state index in [2.05, 4.69) is 0 Å². The van der Waals surface area contributed by atoms with Gasteiger partial charge in [0.2, 0.25) is 0 Å². The Bertz CT molecular complexity index is 252. The first-order valence-electron chi connectivity index (χ1n) is 3.67. The summed E-state index contributed by atoms with van der Waals surface area (Å²) in [4.78, 5) is 0. The van der Waals surface area contributed by atoms with Gasteiger partial charge in [-0.2, -0.15) is 0 Å². The summed E-state index contributed by atoms with van der Waals surface area (Å²) >= 11 is 0. The van der Waals surface area contributed by atoms with Gasteiger partial charge in [0.1, 0.15) is 11.5 Å². The van der Waals surface area contributed by atoms with Gasteiger partial charge in [-0.05, 0) is 19.1 Å². The lowest BCUT2D eigenvalue weighted by Gasteiger charge is -2.08. The fourth-order valence-corrected chi connectivity index (χ4v) is 1.09. The monoisotopic (exact) mass is 168 g/mol. The van der Waals surface area contributed by atoms with Gasteiger partial charge in [-0.15, -0.1) is 0 Å². The highest BCUT2D eigenvalue weighted by Gasteiger charge is 2.07. The molecule has 0 spiro atoms. The summed E-state index contributed by atoms with van der Waals surface area (Å²) in [6.45, 7) is 1.59. The zero-order chi connectivity index (χ0) is 9.14. The van der Waals surface area contributed by atoms with Crippen LogP contribution < -0.4 is 4.74 Å². The van der Waals surface area contributed by atoms with E-state index in [9.17, 15) is 5.11 Å². The summed E-state index contributed by atoms with van der Waals surface area (Å²) in [5.41, 5.74) is 1.18. The van der Waals surface area contributed by atoms with Crippen LogP contribution in [0.3, 0.4) is 0 Å². The standard InChI is InChI=1S/C9H12O3/c1-6-8(12-2)4-3-7(5-10)9(6)11/h3-4,10-11H,5H2,1-2H3. The third-order valence-corrected chi connectivity index (χ3v) is 1.86. The molecule has 0 saturated carbocycles. The second-order valence-corrected chi connectivity index (χ2v) is 2.56. The van der Waals surface area contributed by atoms with Gasteiger partial charge in [0.25, 0.3) is 0 Å². The van der Waals surface area contributed by atoms with Crippen molar-refractivity contribution in [1.82, 2.24) is 0 Å². The van der Waals surface area contributed by atoms with Crippen LogP contribution in [-0.4, -0.2) is 17.3 Å². The highest BCUT2D eigenvalue weighted by Crippen LogP contribution is 2.29. The van der Waals surface area contributed by atoms with Crippen LogP contribution in [0.1, 0.15) is 11.1 Å². The maximum Gasteiger partial charge on any atom is 0.127 e. The van der Waals surface area contributed by atoms with E-state index in [-0.39, 0.29) is 12.4 Å². The van der Waals surface area contributed by atoms with Crippen LogP contribution in [0.25, 0.3) is 0 Å². The van der Waals surface area contributed by atoms with Crippen molar-refractivity contribution < 1.29 is 14.9 Å². The van der Waals surface area contributed by atoms with Crippen LogP contribution in [-0.2, 0) is 6.61 Å². The number of aliphatic hydroxyl groups is 1. The van der Waals surface area contributed by atoms with Crippen molar-refractivity contribution in [1.29, 1.82) is 0 Å². The highest BCUT2D eigenvalue weighted by atomic mass is 16.5. The van der Waals surface area contributed by atoms with Crippen molar-refractivity contribution in [2.45, 2.75) is 13.5 Å². The molecule has 0 bridgehead atoms. The topological polar surface area (TPSA) is 49.7 Å². The molecule has 0 aliphatic heterocycles. The summed E-state index contributed by atoms with van der Waals surface area (Å²) in [6.07, 6.45) is 0. The molecule has 0 aliphatic rings. The summed E-state index contributed by atoms with van der Waals surface area (Å²) in [5.74, 6) is 0.738. The molecule has 0 unspecified atom stereocenters. The highest BCUT2D eigenvalue weighted by molar-refractivity contribution is 5.47. The number of hydrogen-bond donors (Lipinski definition) is 2. The van der Waals surface area contributed by atoms with Crippen molar-refractivity contribution in [2.24, 2.45) is 0 Å². The minimum Gasteiger partial charge on any atom is -0.507 e. The van der Waals surface area contributed by atoms with E-state index in [1.165, 1.54) is 0 Å². The van der Waals surface area contributed by atoms with Gasteiger partial charge in [-0.3, -0.25) is 0 Å². The first kappa shape index (κ1) is 8.87. The summed E-state index contributed by atoms with van der Waals surface area (Å²) in [6, 6.07) is 3.36. The molecular weight excluding hydrogens is 156 g/mol. The van der Waals surface area contributed by atoms with E-state index in [4.69, 9.17) is 9.84 Å². The number of phenols is 1. The second-order valence-electron chi connectivity index (χ2n) is 2.56. The van der Waals surface area contributed by atoms with Gasteiger partial charge in [0, 0.05) is 11.1 Å². The molecule has 12 heavy (non-hydrogen) atoms. The van der Waals surface area contributed by atoms with Crippen molar-refractivity contribution in [2.75, 3.05) is 7.11 Å². The Morgan fingerprint density at radius 2 is 2.08 bits per heavy atom. The fraction of sp³-hybridized carbons (Fsp3) is 0.333. The van der Waals surface area contributed by atoms with Crippen LogP contribution in [0, 0.1) is 6.92 Å². The Labute approximate surface area is 71.2 Å². The first-order chi connectivity index (χ1) is 5.70. The van der Waals surface area contributed by atoms with Crippen molar-refractivity contribution >= 4 is 0 Å². The van der Waals surface area contributed by atoms with E-state index in [1.54, 1.807) is 26.2 Å². The van der Waals surface area contributed by atoms with Gasteiger partial charge >= 0.3 is 0 Å². The van der Waals surface area contributed by atoms with Crippen LogP contribution in [0.4, 0.5) is 0 Å². The third-order valence-electron chi connectivity index (χ3n) is 1.86. The van der Waals surface area contributed by atoms with E-state index >= 15 is 0 Å². The molecule has 66 valence electrons. The minimum absolute atomic E-state index is 0.108. The Morgan fingerprint density at radius 3 is 2.58 bits per heavy atom. The molecule has 3 nitrogen and oxygen atoms in total. The fourth-order valence-electron chi connectivity index (χ4n) is 1.09. The molecule has 0 heterocycles. The number of methoxy groups -OCH3 is 1. The molecule has 1 aromatic rings. The van der Waals surface area contributed by atoms with Crippen LogP contribution in [0.5, 0.6) is 11.5 Å². The number of hydrogen-bond acceptors (Lipinski definition) is 3. The first-order valence-corrected chi connectivity index (χ1v) is 3.67. The maximum absolute atomic E-state index is 9.47. The van der Waals surface area contributed by atoms with Crippen molar-refractivity contribution in [3.8, 4) is 11.5 Å². The molecule has 1 rings (SSSR count). The molecule has 3 heteroatoms. The lowest BCUT2D eigenvalue weighted by molar-refractivity contribution is 0.274. The van der Waals surface area contributed by atoms with Crippen LogP contribution in [0.15, 0.2) is 12.1 Å². The Morgan fingerprint density at radius 1 is 1.42 bits per heavy atom. The minimum atomic E-state index is -0.156. The molecule has 2 N–H and O–H groups in total. The SMILES string of the molecule is COc1ccc(CO)c(O)c1C. The zero-order valence-corrected chi connectivity index (χ0v) is 7.16. The average molecular weight is 168 g/mol. The Kier molecular flexibility index (Phi) is 2.55. The van der Waals surface area contributed by atoms with Crippen LogP contribution >= 0.6 is 0 Å². The lowest BCUT2D eigenvalue weighted by Crippen LogP contribution is -1.91. The summed E-state index contributed by atoms with van der Waals surface area (Å²) < 4.78 is 4.98. The van der Waals surface area contributed by atoms with Crippen molar-refractivity contribution in [3.05, 3.63) is 23.3 Å². The molecule has 1 aromatic carbocycles. The predicted molar refractivity (Wildman–Crippen MR) is 45.3 cm³/mol. The predicted octanol–water partition coefficient (Wildman–Crippen LogP) is 1.20. The van der Waals surface area contributed by atoms with Gasteiger partial charge < -0.3 is 14.9 Å². The number of rotatable bonds is 2. The number of aliphatic hydroxyl groups excluding tert-OH is 1. The van der Waals surface area contributed by atoms with Gasteiger partial charge in [-0.1, -0.05) is 0 Å². The normalized spacial score (nSPS) is 9.92. The molecule has 0 amide bonds. The molecule has 0 saturated heterocycles.